The van der Waals surface area contributed by atoms with Crippen LogP contribution in [0.4, 0.5) is 15.3 Å². The summed E-state index contributed by atoms with van der Waals surface area (Å²) in [6.07, 6.45) is 1.40. The van der Waals surface area contributed by atoms with Crippen molar-refractivity contribution in [2.24, 2.45) is 0 Å². The largest absolute Gasteiger partial charge is 0.448 e. The zero-order chi connectivity index (χ0) is 35.7. The topological polar surface area (TPSA) is 119 Å². The molecule has 1 aliphatic rings. The number of likely N-dealkylation sites (N-methyl/N-ethyl adjacent to an activating group) is 1. The summed E-state index contributed by atoms with van der Waals surface area (Å²) in [6, 6.07) is 26.2. The summed E-state index contributed by atoms with van der Waals surface area (Å²) in [5.41, 5.74) is 7.08. The number of benzene rings is 3. The molecule has 5 rings (SSSR count). The van der Waals surface area contributed by atoms with Gasteiger partial charge in [0.15, 0.2) is 5.69 Å². The van der Waals surface area contributed by atoms with Crippen LogP contribution in [0.2, 0.25) is 0 Å². The minimum atomic E-state index is -0.719. The van der Waals surface area contributed by atoms with Gasteiger partial charge in [-0.15, -0.1) is 0 Å². The molecular formula is C40H46N4O6. The van der Waals surface area contributed by atoms with E-state index < -0.39 is 23.7 Å². The van der Waals surface area contributed by atoms with Crippen molar-refractivity contribution in [3.8, 4) is 22.3 Å². The SMILES string of the molecule is CCc1cccc(-c2cnc(C(=O)NCCOCCN(CC)C(=O)OCC3c4ccccc4-c4ccccc43)c(NC(=O)OC(C)(C)C)c2)c1. The number of fused-ring (bicyclic) bond motifs is 3. The Hall–Kier alpha value is -5.22. The standard InChI is InChI=1S/C40H46N4O6/c1-6-27-13-12-14-28(23-27)29-24-35(43-38(46)50-40(3,4)5)36(42-25-29)37(45)41-19-21-48-22-20-44(7-2)39(47)49-26-34-32-17-10-8-15-30(32)31-16-9-11-18-33(31)34/h8-18,23-25,34H,6-7,19-22,26H2,1-5H3,(H,41,45)(H,43,46). The number of pyridine rings is 1. The monoisotopic (exact) mass is 678 g/mol. The average Bonchev–Trinajstić information content (AvgIpc) is 3.42. The van der Waals surface area contributed by atoms with Crippen LogP contribution in [-0.4, -0.2) is 73.0 Å². The van der Waals surface area contributed by atoms with Gasteiger partial charge in [0.2, 0.25) is 0 Å². The highest BCUT2D eigenvalue weighted by Gasteiger charge is 2.29. The summed E-state index contributed by atoms with van der Waals surface area (Å²) >= 11 is 0. The molecule has 3 amide bonds. The number of carbonyl (C=O) groups is 3. The number of hydrogen-bond donors (Lipinski definition) is 2. The van der Waals surface area contributed by atoms with E-state index in [4.69, 9.17) is 14.2 Å². The van der Waals surface area contributed by atoms with Crippen molar-refractivity contribution in [1.29, 1.82) is 0 Å². The molecule has 0 saturated carbocycles. The van der Waals surface area contributed by atoms with Crippen LogP contribution in [0.25, 0.3) is 22.3 Å². The Morgan fingerprint density at radius 2 is 1.56 bits per heavy atom. The van der Waals surface area contributed by atoms with Crippen molar-refractivity contribution in [3.05, 3.63) is 107 Å². The molecule has 0 fully saturated rings. The number of aromatic nitrogens is 1. The number of nitrogens with zero attached hydrogens (tertiary/aromatic N) is 2. The molecular weight excluding hydrogens is 632 g/mol. The maximum absolute atomic E-state index is 13.2. The van der Waals surface area contributed by atoms with Crippen LogP contribution in [0.3, 0.4) is 0 Å². The first-order valence-corrected chi connectivity index (χ1v) is 17.1. The van der Waals surface area contributed by atoms with Gasteiger partial charge in [0.1, 0.15) is 12.2 Å². The lowest BCUT2D eigenvalue weighted by atomic mass is 9.98. The smallest absolute Gasteiger partial charge is 0.412 e. The first kappa shape index (κ1) is 36.1. The molecule has 1 aromatic heterocycles. The number of hydrogen-bond acceptors (Lipinski definition) is 7. The molecule has 0 atom stereocenters. The van der Waals surface area contributed by atoms with Gasteiger partial charge in [0.05, 0.1) is 18.9 Å². The summed E-state index contributed by atoms with van der Waals surface area (Å²) in [7, 11) is 0. The predicted octanol–water partition coefficient (Wildman–Crippen LogP) is 7.68. The molecule has 2 N–H and O–H groups in total. The summed E-state index contributed by atoms with van der Waals surface area (Å²) in [5, 5.41) is 5.51. The van der Waals surface area contributed by atoms with Gasteiger partial charge < -0.3 is 24.4 Å². The lowest BCUT2D eigenvalue weighted by Crippen LogP contribution is -2.36. The lowest BCUT2D eigenvalue weighted by Gasteiger charge is -2.22. The fraction of sp³-hybridized carbons (Fsp3) is 0.350. The van der Waals surface area contributed by atoms with Crippen LogP contribution in [0.15, 0.2) is 85.1 Å². The molecule has 0 spiro atoms. The maximum atomic E-state index is 13.2. The number of rotatable bonds is 13. The summed E-state index contributed by atoms with van der Waals surface area (Å²) in [4.78, 5) is 44.9. The molecule has 3 aromatic carbocycles. The predicted molar refractivity (Wildman–Crippen MR) is 194 cm³/mol. The highest BCUT2D eigenvalue weighted by molar-refractivity contribution is 6.01. The Bertz CT molecular complexity index is 1770. The minimum absolute atomic E-state index is 0.0114. The van der Waals surface area contributed by atoms with Gasteiger partial charge in [-0.2, -0.15) is 0 Å². The van der Waals surface area contributed by atoms with Crippen LogP contribution >= 0.6 is 0 Å². The van der Waals surface area contributed by atoms with Gasteiger partial charge in [-0.25, -0.2) is 14.6 Å². The molecule has 0 radical (unpaired) electrons. The summed E-state index contributed by atoms with van der Waals surface area (Å²) in [6.45, 7) is 11.0. The van der Waals surface area contributed by atoms with Crippen LogP contribution in [0, 0.1) is 0 Å². The van der Waals surface area contributed by atoms with E-state index in [9.17, 15) is 14.4 Å². The zero-order valence-corrected chi connectivity index (χ0v) is 29.5. The summed E-state index contributed by atoms with van der Waals surface area (Å²) < 4.78 is 17.0. The fourth-order valence-electron chi connectivity index (χ4n) is 5.94. The second-order valence-corrected chi connectivity index (χ2v) is 13.1. The lowest BCUT2D eigenvalue weighted by molar-refractivity contribution is 0.0635. The third-order valence-corrected chi connectivity index (χ3v) is 8.42. The first-order valence-electron chi connectivity index (χ1n) is 17.1. The van der Waals surface area contributed by atoms with E-state index >= 15 is 0 Å². The van der Waals surface area contributed by atoms with Crippen molar-refractivity contribution in [2.45, 2.75) is 52.6 Å². The van der Waals surface area contributed by atoms with Gasteiger partial charge in [-0.1, -0.05) is 79.7 Å². The van der Waals surface area contributed by atoms with Gasteiger partial charge in [0.25, 0.3) is 5.91 Å². The van der Waals surface area contributed by atoms with Crippen LogP contribution in [0.1, 0.15) is 67.7 Å². The highest BCUT2D eigenvalue weighted by atomic mass is 16.6. The van der Waals surface area contributed by atoms with Crippen LogP contribution in [0.5, 0.6) is 0 Å². The van der Waals surface area contributed by atoms with E-state index in [1.165, 1.54) is 11.1 Å². The minimum Gasteiger partial charge on any atom is -0.448 e. The fourth-order valence-corrected chi connectivity index (χ4v) is 5.94. The van der Waals surface area contributed by atoms with Crippen molar-refractivity contribution < 1.29 is 28.6 Å². The third-order valence-electron chi connectivity index (χ3n) is 8.42. The van der Waals surface area contributed by atoms with Gasteiger partial charge >= 0.3 is 12.2 Å². The number of aryl methyl sites for hydroxylation is 1. The van der Waals surface area contributed by atoms with Gasteiger partial charge in [-0.3, -0.25) is 10.1 Å². The molecule has 0 aliphatic heterocycles. The van der Waals surface area contributed by atoms with Crippen LogP contribution in [-0.2, 0) is 20.6 Å². The third kappa shape index (κ3) is 9.06. The summed E-state index contributed by atoms with van der Waals surface area (Å²) in [5.74, 6) is -0.481. The van der Waals surface area contributed by atoms with Crippen molar-refractivity contribution >= 4 is 23.8 Å². The maximum Gasteiger partial charge on any atom is 0.412 e. The number of ether oxygens (including phenoxy) is 3. The number of nitrogens with one attached hydrogen (secondary N) is 2. The average molecular weight is 679 g/mol. The van der Waals surface area contributed by atoms with Gasteiger partial charge in [0, 0.05) is 37.3 Å². The van der Waals surface area contributed by atoms with Crippen LogP contribution < -0.4 is 10.6 Å². The molecule has 0 saturated heterocycles. The quantitative estimate of drug-likeness (QED) is 0.139. The molecule has 4 aromatic rings. The van der Waals surface area contributed by atoms with E-state index in [-0.39, 0.29) is 43.7 Å². The molecule has 0 bridgehead atoms. The van der Waals surface area contributed by atoms with E-state index in [0.717, 1.165) is 34.2 Å². The molecule has 262 valence electrons. The van der Waals surface area contributed by atoms with Crippen molar-refractivity contribution in [3.63, 3.8) is 0 Å². The van der Waals surface area contributed by atoms with E-state index in [1.807, 2.05) is 49.4 Å². The number of anilines is 1. The Labute approximate surface area is 294 Å². The van der Waals surface area contributed by atoms with Gasteiger partial charge in [-0.05, 0) is 73.6 Å². The molecule has 50 heavy (non-hydrogen) atoms. The Morgan fingerprint density at radius 3 is 2.22 bits per heavy atom. The normalized spacial score (nSPS) is 12.1. The Balaban J connectivity index is 1.12. The number of amides is 3. The van der Waals surface area contributed by atoms with Crippen molar-refractivity contribution in [2.75, 3.05) is 44.8 Å². The zero-order valence-electron chi connectivity index (χ0n) is 29.5. The second kappa shape index (κ2) is 16.5. The number of carbonyl (C=O) groups excluding carboxylic acids is 3. The molecule has 10 nitrogen and oxygen atoms in total. The molecule has 10 heteroatoms. The van der Waals surface area contributed by atoms with Crippen molar-refractivity contribution in [1.82, 2.24) is 15.2 Å². The van der Waals surface area contributed by atoms with E-state index in [0.29, 0.717) is 13.1 Å². The van der Waals surface area contributed by atoms with E-state index in [2.05, 4.69) is 52.9 Å². The molecule has 1 aliphatic carbocycles. The first-order chi connectivity index (χ1) is 24.1. The molecule has 0 unspecified atom stereocenters. The van der Waals surface area contributed by atoms with E-state index in [1.54, 1.807) is 37.9 Å². The highest BCUT2D eigenvalue weighted by Crippen LogP contribution is 2.44. The Morgan fingerprint density at radius 1 is 0.860 bits per heavy atom. The Kier molecular flexibility index (Phi) is 11.9. The second-order valence-electron chi connectivity index (χ2n) is 13.1. The molecule has 1 heterocycles.